The van der Waals surface area contributed by atoms with Gasteiger partial charge in [-0.25, -0.2) is 0 Å². The molecule has 2 heterocycles. The molecule has 4 rings (SSSR count). The normalized spacial score (nSPS) is 17.9. The van der Waals surface area contributed by atoms with Crippen LogP contribution in [0.3, 0.4) is 0 Å². The lowest BCUT2D eigenvalue weighted by molar-refractivity contribution is 0.729. The molecule has 3 nitrogen and oxygen atoms in total. The summed E-state index contributed by atoms with van der Waals surface area (Å²) in [6, 6.07) is 15.4. The van der Waals surface area contributed by atoms with Crippen LogP contribution in [0, 0.1) is 0 Å². The largest absolute Gasteiger partial charge is 0.378 e. The maximum Gasteiger partial charge on any atom is 0.0670 e. The molecule has 1 aromatic heterocycles. The molecule has 2 N–H and O–H groups in total. The number of hydrogen-bond donors (Lipinski definition) is 2. The first-order valence-electron chi connectivity index (χ1n) is 6.81. The van der Waals surface area contributed by atoms with Crippen molar-refractivity contribution >= 4 is 28.4 Å². The number of hydrogen-bond acceptors (Lipinski definition) is 3. The monoisotopic (exact) mass is 281 g/mol. The molecule has 1 unspecified atom stereocenters. The van der Waals surface area contributed by atoms with E-state index in [1.807, 2.05) is 18.0 Å². The zero-order valence-corrected chi connectivity index (χ0v) is 11.8. The van der Waals surface area contributed by atoms with E-state index < -0.39 is 0 Å². The van der Waals surface area contributed by atoms with Gasteiger partial charge in [-0.2, -0.15) is 5.10 Å². The van der Waals surface area contributed by atoms with E-state index in [2.05, 4.69) is 58.0 Å². The minimum atomic E-state index is 0.396. The number of aromatic nitrogens is 2. The third-order valence-electron chi connectivity index (χ3n) is 3.74. The minimum Gasteiger partial charge on any atom is -0.378 e. The quantitative estimate of drug-likeness (QED) is 0.739. The molecule has 4 heteroatoms. The zero-order valence-electron chi connectivity index (χ0n) is 11.0. The molecule has 1 aliphatic rings. The fraction of sp³-hybridized carbons (Fsp3) is 0.188. The van der Waals surface area contributed by atoms with Crippen molar-refractivity contribution in [1.82, 2.24) is 10.2 Å². The number of anilines is 1. The molecule has 0 bridgehead atoms. The minimum absolute atomic E-state index is 0.396. The van der Waals surface area contributed by atoms with Crippen LogP contribution < -0.4 is 5.32 Å². The fourth-order valence-corrected chi connectivity index (χ4v) is 3.85. The van der Waals surface area contributed by atoms with Crippen molar-refractivity contribution in [2.75, 3.05) is 11.1 Å². The summed E-state index contributed by atoms with van der Waals surface area (Å²) in [5, 5.41) is 11.9. The van der Waals surface area contributed by atoms with Gasteiger partial charge in [-0.1, -0.05) is 18.2 Å². The van der Waals surface area contributed by atoms with Gasteiger partial charge in [-0.3, -0.25) is 5.10 Å². The van der Waals surface area contributed by atoms with Gasteiger partial charge in [0.15, 0.2) is 0 Å². The van der Waals surface area contributed by atoms with Crippen LogP contribution in [0.15, 0.2) is 53.6 Å². The van der Waals surface area contributed by atoms with E-state index in [0.29, 0.717) is 6.04 Å². The molecular weight excluding hydrogens is 266 g/mol. The first kappa shape index (κ1) is 11.9. The molecule has 2 aromatic carbocycles. The first-order chi connectivity index (χ1) is 9.90. The van der Waals surface area contributed by atoms with Gasteiger partial charge < -0.3 is 5.32 Å². The summed E-state index contributed by atoms with van der Waals surface area (Å²) in [6.45, 7) is 0. The highest BCUT2D eigenvalue weighted by Gasteiger charge is 2.19. The number of thioether (sulfide) groups is 1. The highest BCUT2D eigenvalue weighted by Crippen LogP contribution is 2.37. The molecule has 3 aromatic rings. The van der Waals surface area contributed by atoms with Crippen LogP contribution in [0.5, 0.6) is 0 Å². The number of fused-ring (bicyclic) bond motifs is 2. The molecule has 20 heavy (non-hydrogen) atoms. The second-order valence-corrected chi connectivity index (χ2v) is 6.18. The molecule has 100 valence electrons. The predicted octanol–water partition coefficient (Wildman–Crippen LogP) is 4.21. The molecular formula is C16H15N3S. The first-order valence-corrected chi connectivity index (χ1v) is 7.80. The van der Waals surface area contributed by atoms with E-state index in [-0.39, 0.29) is 0 Å². The Labute approximate surface area is 121 Å². The van der Waals surface area contributed by atoms with E-state index in [0.717, 1.165) is 23.0 Å². The molecule has 0 amide bonds. The highest BCUT2D eigenvalue weighted by atomic mass is 32.2. The molecule has 0 fully saturated rings. The van der Waals surface area contributed by atoms with Gasteiger partial charge in [-0.05, 0) is 36.2 Å². The molecule has 1 atom stereocenters. The Morgan fingerprint density at radius 2 is 2.15 bits per heavy atom. The van der Waals surface area contributed by atoms with Crippen LogP contribution in [0.25, 0.3) is 10.9 Å². The van der Waals surface area contributed by atoms with Gasteiger partial charge in [0.05, 0.1) is 17.8 Å². The van der Waals surface area contributed by atoms with Crippen molar-refractivity contribution in [2.24, 2.45) is 0 Å². The van der Waals surface area contributed by atoms with Gasteiger partial charge >= 0.3 is 0 Å². The van der Waals surface area contributed by atoms with Crippen LogP contribution in [-0.4, -0.2) is 16.0 Å². The Bertz CT molecular complexity index is 750. The number of benzene rings is 2. The van der Waals surface area contributed by atoms with Crippen LogP contribution in [0.1, 0.15) is 18.0 Å². The Balaban J connectivity index is 1.66. The average Bonchev–Trinajstić information content (AvgIpc) is 2.95. The van der Waals surface area contributed by atoms with Crippen LogP contribution in [0.2, 0.25) is 0 Å². The molecule has 0 spiro atoms. The fourth-order valence-electron chi connectivity index (χ4n) is 2.72. The predicted molar refractivity (Wildman–Crippen MR) is 84.2 cm³/mol. The highest BCUT2D eigenvalue weighted by molar-refractivity contribution is 7.99. The Morgan fingerprint density at radius 3 is 3.15 bits per heavy atom. The maximum absolute atomic E-state index is 4.07. The number of rotatable bonds is 2. The van der Waals surface area contributed by atoms with Gasteiger partial charge in [0, 0.05) is 21.7 Å². The van der Waals surface area contributed by atoms with Crippen molar-refractivity contribution in [3.8, 4) is 0 Å². The molecule has 0 radical (unpaired) electrons. The second kappa shape index (κ2) is 4.87. The van der Waals surface area contributed by atoms with Crippen molar-refractivity contribution in [3.63, 3.8) is 0 Å². The van der Waals surface area contributed by atoms with Crippen molar-refractivity contribution in [2.45, 2.75) is 17.4 Å². The number of aromatic amines is 1. The Morgan fingerprint density at radius 1 is 1.20 bits per heavy atom. The van der Waals surface area contributed by atoms with Crippen LogP contribution in [-0.2, 0) is 0 Å². The van der Waals surface area contributed by atoms with Crippen molar-refractivity contribution < 1.29 is 0 Å². The number of H-pyrrole nitrogens is 1. The van der Waals surface area contributed by atoms with E-state index in [1.54, 1.807) is 0 Å². The van der Waals surface area contributed by atoms with E-state index in [4.69, 9.17) is 0 Å². The lowest BCUT2D eigenvalue weighted by Gasteiger charge is -2.26. The van der Waals surface area contributed by atoms with Crippen molar-refractivity contribution in [1.29, 1.82) is 0 Å². The lowest BCUT2D eigenvalue weighted by atomic mass is 10.0. The van der Waals surface area contributed by atoms with Gasteiger partial charge in [0.2, 0.25) is 0 Å². The van der Waals surface area contributed by atoms with Crippen LogP contribution >= 0.6 is 11.8 Å². The van der Waals surface area contributed by atoms with E-state index in [1.165, 1.54) is 16.2 Å². The second-order valence-electron chi connectivity index (χ2n) is 5.04. The summed E-state index contributed by atoms with van der Waals surface area (Å²) in [4.78, 5) is 1.40. The average molecular weight is 281 g/mol. The summed E-state index contributed by atoms with van der Waals surface area (Å²) in [5.41, 5.74) is 3.63. The van der Waals surface area contributed by atoms with E-state index in [9.17, 15) is 0 Å². The molecule has 0 saturated carbocycles. The summed E-state index contributed by atoms with van der Waals surface area (Å²) in [7, 11) is 0. The summed E-state index contributed by atoms with van der Waals surface area (Å²) < 4.78 is 0. The topological polar surface area (TPSA) is 40.7 Å². The van der Waals surface area contributed by atoms with Crippen LogP contribution in [0.4, 0.5) is 5.69 Å². The summed E-state index contributed by atoms with van der Waals surface area (Å²) in [5.74, 6) is 1.17. The van der Waals surface area contributed by atoms with Crippen molar-refractivity contribution in [3.05, 3.63) is 54.2 Å². The van der Waals surface area contributed by atoms with E-state index >= 15 is 0 Å². The summed E-state index contributed by atoms with van der Waals surface area (Å²) >= 11 is 1.95. The van der Waals surface area contributed by atoms with Gasteiger partial charge in [-0.15, -0.1) is 11.8 Å². The molecule has 0 aliphatic carbocycles. The smallest absolute Gasteiger partial charge is 0.0670 e. The standard InChI is InChI=1S/C16H15N3S/c1-2-4-16-13(3-1)14(7-8-20-16)18-12-6-5-11-10-17-19-15(11)9-12/h1-6,9-10,14,18H,7-8H2,(H,17,19). The third kappa shape index (κ3) is 2.06. The Hall–Kier alpha value is -1.94. The summed E-state index contributed by atoms with van der Waals surface area (Å²) in [6.07, 6.45) is 3.01. The lowest BCUT2D eigenvalue weighted by Crippen LogP contribution is -2.15. The molecule has 1 aliphatic heterocycles. The SMILES string of the molecule is c1ccc2c(c1)SCCC2Nc1ccc2cn[nH]c2c1. The number of nitrogens with zero attached hydrogens (tertiary/aromatic N) is 1. The maximum atomic E-state index is 4.07. The van der Waals surface area contributed by atoms with Gasteiger partial charge in [0.25, 0.3) is 0 Å². The number of nitrogens with one attached hydrogen (secondary N) is 2. The zero-order chi connectivity index (χ0) is 13.4. The Kier molecular flexibility index (Phi) is 2.89. The van der Waals surface area contributed by atoms with Gasteiger partial charge in [0.1, 0.15) is 0 Å². The molecule has 0 saturated heterocycles. The third-order valence-corrected chi connectivity index (χ3v) is 4.86.